The maximum absolute atomic E-state index is 2.43. The maximum atomic E-state index is 2.43. The summed E-state index contributed by atoms with van der Waals surface area (Å²) < 4.78 is 4.36. The molecule has 30 heavy (non-hydrogen) atoms. The molecule has 1 aliphatic carbocycles. The first-order valence-corrected chi connectivity index (χ1v) is 10.9. The van der Waals surface area contributed by atoms with E-state index < -0.39 is 0 Å². The number of hydrogen-bond acceptors (Lipinski definition) is 0. The van der Waals surface area contributed by atoms with Crippen LogP contribution < -0.4 is 4.68 Å². The van der Waals surface area contributed by atoms with E-state index in [0.29, 0.717) is 0 Å². The van der Waals surface area contributed by atoms with Crippen LogP contribution in [0.1, 0.15) is 49.9 Å². The maximum Gasteiger partial charge on any atom is 0.195 e. The van der Waals surface area contributed by atoms with Gasteiger partial charge in [0.15, 0.2) is 13.2 Å². The monoisotopic (exact) mass is 395 g/mol. The van der Waals surface area contributed by atoms with E-state index >= 15 is 0 Å². The van der Waals surface area contributed by atoms with Crippen LogP contribution in [0.4, 0.5) is 0 Å². The Bertz CT molecular complexity index is 1320. The fraction of sp³-hybridized carbons (Fsp3) is 0.321. The van der Waals surface area contributed by atoms with Gasteiger partial charge in [-0.15, -0.1) is 9.36 Å². The van der Waals surface area contributed by atoms with E-state index in [1.807, 2.05) is 0 Å². The summed E-state index contributed by atoms with van der Waals surface area (Å²) in [6.45, 7) is 14.1. The molecule has 0 unspecified atom stereocenters. The third-order valence-electron chi connectivity index (χ3n) is 7.78. The van der Waals surface area contributed by atoms with Crippen LogP contribution in [-0.2, 0) is 17.9 Å². The van der Waals surface area contributed by atoms with Crippen molar-refractivity contribution in [3.63, 3.8) is 0 Å². The third kappa shape index (κ3) is 2.40. The molecule has 0 N–H and O–H groups in total. The fourth-order valence-electron chi connectivity index (χ4n) is 5.35. The smallest absolute Gasteiger partial charge is 0.128 e. The first-order chi connectivity index (χ1) is 14.1. The highest BCUT2D eigenvalue weighted by molar-refractivity contribution is 5.96. The van der Waals surface area contributed by atoms with Gasteiger partial charge in [-0.2, -0.15) is 0 Å². The van der Waals surface area contributed by atoms with Crippen LogP contribution in [0, 0.1) is 13.8 Å². The standard InChI is InChI=1S/C28H31N2/c1-18-9-11-21-20(15-18)10-12-22-23-17-25(30-14-8-13-29(30)7)19(2)16-24(23)27(3,4)28(5,6)26(21)22/h8-17H,1-7H3/q+1. The lowest BCUT2D eigenvalue weighted by Crippen LogP contribution is -2.44. The molecule has 1 aliphatic rings. The van der Waals surface area contributed by atoms with Gasteiger partial charge in [0.25, 0.3) is 0 Å². The Labute approximate surface area is 179 Å². The number of aryl methyl sites for hydroxylation is 3. The summed E-state index contributed by atoms with van der Waals surface area (Å²) in [7, 11) is 2.09. The minimum atomic E-state index is 0.0101. The van der Waals surface area contributed by atoms with Gasteiger partial charge in [-0.05, 0) is 63.9 Å². The Balaban J connectivity index is 1.91. The van der Waals surface area contributed by atoms with Crippen LogP contribution in [0.15, 0.2) is 60.9 Å². The first kappa shape index (κ1) is 19.1. The topological polar surface area (TPSA) is 8.81 Å². The van der Waals surface area contributed by atoms with E-state index in [-0.39, 0.29) is 10.8 Å². The predicted molar refractivity (Wildman–Crippen MR) is 125 cm³/mol. The molecule has 152 valence electrons. The highest BCUT2D eigenvalue weighted by Crippen LogP contribution is 2.56. The number of fused-ring (bicyclic) bond motifs is 5. The zero-order valence-electron chi connectivity index (χ0n) is 19.2. The first-order valence-electron chi connectivity index (χ1n) is 10.9. The second kappa shape index (κ2) is 6.07. The molecule has 0 spiro atoms. The van der Waals surface area contributed by atoms with Crippen molar-refractivity contribution in [2.24, 2.45) is 7.05 Å². The van der Waals surface area contributed by atoms with Crippen molar-refractivity contribution in [1.82, 2.24) is 4.68 Å². The van der Waals surface area contributed by atoms with Gasteiger partial charge >= 0.3 is 0 Å². The SMILES string of the molecule is Cc1ccc2c3c(ccc2c1)-c1cc(-n2ccc[n+]2C)c(C)cc1C(C)(C)C3(C)C. The van der Waals surface area contributed by atoms with Crippen molar-refractivity contribution in [2.45, 2.75) is 52.4 Å². The molecule has 0 radical (unpaired) electrons. The molecule has 0 saturated carbocycles. The Kier molecular flexibility index (Phi) is 3.87. The molecule has 1 heterocycles. The number of hydrogen-bond donors (Lipinski definition) is 0. The van der Waals surface area contributed by atoms with Gasteiger partial charge in [-0.1, -0.05) is 69.7 Å². The number of aromatic nitrogens is 2. The lowest BCUT2D eigenvalue weighted by molar-refractivity contribution is -0.744. The lowest BCUT2D eigenvalue weighted by Gasteiger charge is -2.49. The number of nitrogens with zero attached hydrogens (tertiary/aromatic N) is 2. The predicted octanol–water partition coefficient (Wildman–Crippen LogP) is 6.31. The van der Waals surface area contributed by atoms with Gasteiger partial charge in [-0.3, -0.25) is 0 Å². The molecule has 1 aromatic heterocycles. The van der Waals surface area contributed by atoms with E-state index in [1.165, 1.54) is 49.8 Å². The van der Waals surface area contributed by atoms with Gasteiger partial charge in [0.05, 0.1) is 6.20 Å². The molecule has 3 aromatic carbocycles. The minimum Gasteiger partial charge on any atom is -0.128 e. The molecule has 2 heteroatoms. The summed E-state index contributed by atoms with van der Waals surface area (Å²) in [5, 5.41) is 2.72. The molecule has 0 fully saturated rings. The third-order valence-corrected chi connectivity index (χ3v) is 7.78. The van der Waals surface area contributed by atoms with E-state index in [9.17, 15) is 0 Å². The molecule has 0 aliphatic heterocycles. The summed E-state index contributed by atoms with van der Waals surface area (Å²) in [5.41, 5.74) is 9.55. The average Bonchev–Trinajstić information content (AvgIpc) is 3.11. The van der Waals surface area contributed by atoms with Crippen LogP contribution in [0.3, 0.4) is 0 Å². The van der Waals surface area contributed by atoms with Crippen molar-refractivity contribution in [3.8, 4) is 16.8 Å². The molecular formula is C28H31N2+. The minimum absolute atomic E-state index is 0.0101. The highest BCUT2D eigenvalue weighted by atomic mass is 15.4. The van der Waals surface area contributed by atoms with E-state index in [0.717, 1.165) is 0 Å². The quantitative estimate of drug-likeness (QED) is 0.334. The highest BCUT2D eigenvalue weighted by Gasteiger charge is 2.47. The second-order valence-electron chi connectivity index (χ2n) is 10.1. The Morgan fingerprint density at radius 2 is 1.60 bits per heavy atom. The van der Waals surface area contributed by atoms with Crippen LogP contribution in [0.5, 0.6) is 0 Å². The van der Waals surface area contributed by atoms with E-state index in [4.69, 9.17) is 0 Å². The molecule has 0 atom stereocenters. The molecule has 5 rings (SSSR count). The second-order valence-corrected chi connectivity index (χ2v) is 10.1. The zero-order chi connectivity index (χ0) is 21.4. The molecule has 0 bridgehead atoms. The summed E-state index contributed by atoms with van der Waals surface area (Å²) in [4.78, 5) is 0. The van der Waals surface area contributed by atoms with E-state index in [2.05, 4.69) is 119 Å². The molecular weight excluding hydrogens is 364 g/mol. The Hall–Kier alpha value is -2.87. The average molecular weight is 396 g/mol. The van der Waals surface area contributed by atoms with Gasteiger partial charge in [0.2, 0.25) is 0 Å². The summed E-state index contributed by atoms with van der Waals surface area (Å²) in [6.07, 6.45) is 4.23. The Morgan fingerprint density at radius 3 is 2.30 bits per heavy atom. The Morgan fingerprint density at radius 1 is 0.833 bits per heavy atom. The lowest BCUT2D eigenvalue weighted by atomic mass is 9.54. The summed E-state index contributed by atoms with van der Waals surface area (Å²) in [5.74, 6) is 0. The van der Waals surface area contributed by atoms with Gasteiger partial charge in [0, 0.05) is 11.5 Å². The largest absolute Gasteiger partial charge is 0.195 e. The zero-order valence-corrected chi connectivity index (χ0v) is 19.2. The summed E-state index contributed by atoms with van der Waals surface area (Å²) >= 11 is 0. The van der Waals surface area contributed by atoms with Crippen molar-refractivity contribution in [2.75, 3.05) is 0 Å². The van der Waals surface area contributed by atoms with Gasteiger partial charge in [-0.25, -0.2) is 0 Å². The molecule has 4 aromatic rings. The summed E-state index contributed by atoms with van der Waals surface area (Å²) in [6, 6.07) is 18.5. The number of rotatable bonds is 1. The molecule has 2 nitrogen and oxygen atoms in total. The van der Waals surface area contributed by atoms with Crippen molar-refractivity contribution in [1.29, 1.82) is 0 Å². The van der Waals surface area contributed by atoms with Crippen LogP contribution in [-0.4, -0.2) is 4.68 Å². The van der Waals surface area contributed by atoms with Gasteiger partial charge in [0.1, 0.15) is 5.69 Å². The van der Waals surface area contributed by atoms with Crippen LogP contribution in [0.2, 0.25) is 0 Å². The van der Waals surface area contributed by atoms with Crippen LogP contribution >= 0.6 is 0 Å². The number of benzene rings is 3. The van der Waals surface area contributed by atoms with Crippen molar-refractivity contribution < 1.29 is 4.68 Å². The van der Waals surface area contributed by atoms with Gasteiger partial charge < -0.3 is 0 Å². The van der Waals surface area contributed by atoms with Crippen LogP contribution in [0.25, 0.3) is 27.6 Å². The molecule has 0 saturated heterocycles. The van der Waals surface area contributed by atoms with Crippen molar-refractivity contribution in [3.05, 3.63) is 83.2 Å². The molecule has 0 amide bonds. The normalized spacial score (nSPS) is 16.4. The van der Waals surface area contributed by atoms with E-state index in [1.54, 1.807) is 0 Å². The van der Waals surface area contributed by atoms with Crippen molar-refractivity contribution >= 4 is 10.8 Å². The fourth-order valence-corrected chi connectivity index (χ4v) is 5.35.